The summed E-state index contributed by atoms with van der Waals surface area (Å²) in [6, 6.07) is 6.96. The van der Waals surface area contributed by atoms with Crippen molar-refractivity contribution in [1.29, 1.82) is 0 Å². The van der Waals surface area contributed by atoms with Crippen molar-refractivity contribution >= 4 is 18.3 Å². The highest BCUT2D eigenvalue weighted by Crippen LogP contribution is 2.13. The van der Waals surface area contributed by atoms with Crippen molar-refractivity contribution in [2.24, 2.45) is 5.92 Å². The first kappa shape index (κ1) is 14.8. The molecule has 0 atom stereocenters. The van der Waals surface area contributed by atoms with E-state index in [1.165, 1.54) is 0 Å². The van der Waals surface area contributed by atoms with Gasteiger partial charge in [0.05, 0.1) is 0 Å². The Hall–Kier alpha value is -1.26. The molecule has 4 nitrogen and oxygen atoms in total. The lowest BCUT2D eigenvalue weighted by Gasteiger charge is -2.21. The maximum atomic E-state index is 11.9. The number of nitrogens with one attached hydrogen (secondary N) is 2. The van der Waals surface area contributed by atoms with E-state index < -0.39 is 0 Å². The number of hydrogen-bond acceptors (Lipinski definition) is 3. The normalized spacial score (nSPS) is 15.8. The summed E-state index contributed by atoms with van der Waals surface area (Å²) in [6.45, 7) is 2.32. The molecule has 0 aromatic heterocycles. The highest BCUT2D eigenvalue weighted by atomic mass is 35.5. The molecule has 0 saturated carbocycles. The summed E-state index contributed by atoms with van der Waals surface area (Å²) in [5.74, 6) is 0.488. The van der Waals surface area contributed by atoms with E-state index in [0.29, 0.717) is 6.54 Å². The number of rotatable bonds is 3. The molecule has 1 amide bonds. The maximum Gasteiger partial charge on any atom is 0.223 e. The molecule has 1 aromatic carbocycles. The SMILES string of the molecule is Cl.O=C(NCc1cccc(O)c1)C1CCNCC1. The second-order valence-electron chi connectivity index (χ2n) is 4.41. The summed E-state index contributed by atoms with van der Waals surface area (Å²) in [4.78, 5) is 11.9. The minimum atomic E-state index is 0. The van der Waals surface area contributed by atoms with Crippen LogP contribution in [0.1, 0.15) is 18.4 Å². The number of aromatic hydroxyl groups is 1. The molecule has 1 heterocycles. The Labute approximate surface area is 113 Å². The van der Waals surface area contributed by atoms with E-state index in [1.54, 1.807) is 18.2 Å². The molecule has 1 aromatic rings. The molecule has 1 aliphatic heterocycles. The molecule has 1 aliphatic rings. The van der Waals surface area contributed by atoms with Crippen LogP contribution in [0, 0.1) is 5.92 Å². The molecule has 3 N–H and O–H groups in total. The third kappa shape index (κ3) is 4.20. The van der Waals surface area contributed by atoms with Crippen LogP contribution >= 0.6 is 12.4 Å². The number of benzene rings is 1. The van der Waals surface area contributed by atoms with Gasteiger partial charge in [0.2, 0.25) is 5.91 Å². The molecular weight excluding hydrogens is 252 g/mol. The topological polar surface area (TPSA) is 61.4 Å². The van der Waals surface area contributed by atoms with E-state index in [9.17, 15) is 9.90 Å². The van der Waals surface area contributed by atoms with Gasteiger partial charge in [-0.1, -0.05) is 12.1 Å². The zero-order valence-electron chi connectivity index (χ0n) is 10.2. The van der Waals surface area contributed by atoms with E-state index in [2.05, 4.69) is 10.6 Å². The minimum absolute atomic E-state index is 0. The van der Waals surface area contributed by atoms with E-state index in [4.69, 9.17) is 0 Å². The molecule has 0 radical (unpaired) electrons. The van der Waals surface area contributed by atoms with Gasteiger partial charge in [-0.3, -0.25) is 4.79 Å². The lowest BCUT2D eigenvalue weighted by Crippen LogP contribution is -2.37. The lowest BCUT2D eigenvalue weighted by molar-refractivity contribution is -0.125. The second-order valence-corrected chi connectivity index (χ2v) is 4.41. The van der Waals surface area contributed by atoms with Gasteiger partial charge in [-0.25, -0.2) is 0 Å². The number of phenols is 1. The van der Waals surface area contributed by atoms with Crippen LogP contribution in [0.25, 0.3) is 0 Å². The molecule has 1 fully saturated rings. The van der Waals surface area contributed by atoms with Crippen LogP contribution in [0.5, 0.6) is 5.75 Å². The van der Waals surface area contributed by atoms with Crippen LogP contribution in [0.4, 0.5) is 0 Å². The Kier molecular flexibility index (Phi) is 5.95. The molecule has 0 spiro atoms. The molecule has 2 rings (SSSR count). The number of hydrogen-bond donors (Lipinski definition) is 3. The summed E-state index contributed by atoms with van der Waals surface area (Å²) < 4.78 is 0. The lowest BCUT2D eigenvalue weighted by atomic mass is 9.97. The highest BCUT2D eigenvalue weighted by Gasteiger charge is 2.20. The minimum Gasteiger partial charge on any atom is -0.508 e. The zero-order chi connectivity index (χ0) is 12.1. The van der Waals surface area contributed by atoms with Crippen molar-refractivity contribution in [2.45, 2.75) is 19.4 Å². The average Bonchev–Trinajstić information content (AvgIpc) is 2.37. The summed E-state index contributed by atoms with van der Waals surface area (Å²) in [5, 5.41) is 15.5. The summed E-state index contributed by atoms with van der Waals surface area (Å²) in [6.07, 6.45) is 1.82. The summed E-state index contributed by atoms with van der Waals surface area (Å²) in [5.41, 5.74) is 0.923. The Balaban J connectivity index is 0.00000162. The third-order valence-electron chi connectivity index (χ3n) is 3.09. The van der Waals surface area contributed by atoms with Gasteiger partial charge < -0.3 is 15.7 Å². The molecule has 100 valence electrons. The van der Waals surface area contributed by atoms with Crippen molar-refractivity contribution in [3.8, 4) is 5.75 Å². The standard InChI is InChI=1S/C13H18N2O2.ClH/c16-12-3-1-2-10(8-12)9-15-13(17)11-4-6-14-7-5-11;/h1-3,8,11,14,16H,4-7,9H2,(H,15,17);1H. The molecule has 1 saturated heterocycles. The van der Waals surface area contributed by atoms with Gasteiger partial charge in [0.15, 0.2) is 0 Å². The number of halogens is 1. The van der Waals surface area contributed by atoms with E-state index in [-0.39, 0.29) is 30.0 Å². The van der Waals surface area contributed by atoms with Crippen LogP contribution in [-0.4, -0.2) is 24.1 Å². The van der Waals surface area contributed by atoms with Gasteiger partial charge in [0, 0.05) is 12.5 Å². The van der Waals surface area contributed by atoms with E-state index in [0.717, 1.165) is 31.5 Å². The van der Waals surface area contributed by atoms with Crippen molar-refractivity contribution < 1.29 is 9.90 Å². The smallest absolute Gasteiger partial charge is 0.223 e. The van der Waals surface area contributed by atoms with E-state index >= 15 is 0 Å². The number of amides is 1. The van der Waals surface area contributed by atoms with Crippen LogP contribution in [0.3, 0.4) is 0 Å². The molecule has 18 heavy (non-hydrogen) atoms. The van der Waals surface area contributed by atoms with Crippen LogP contribution in [0.15, 0.2) is 24.3 Å². The predicted molar refractivity (Wildman–Crippen MR) is 72.8 cm³/mol. The fraction of sp³-hybridized carbons (Fsp3) is 0.462. The zero-order valence-corrected chi connectivity index (χ0v) is 11.0. The first-order valence-corrected chi connectivity index (χ1v) is 6.02. The van der Waals surface area contributed by atoms with Crippen molar-refractivity contribution in [1.82, 2.24) is 10.6 Å². The maximum absolute atomic E-state index is 11.9. The Morgan fingerprint density at radius 2 is 2.11 bits per heavy atom. The Morgan fingerprint density at radius 3 is 2.78 bits per heavy atom. The van der Waals surface area contributed by atoms with Crippen LogP contribution < -0.4 is 10.6 Å². The van der Waals surface area contributed by atoms with Crippen LogP contribution in [-0.2, 0) is 11.3 Å². The molecule has 0 unspecified atom stereocenters. The third-order valence-corrected chi connectivity index (χ3v) is 3.09. The largest absolute Gasteiger partial charge is 0.508 e. The molecule has 0 bridgehead atoms. The predicted octanol–water partition coefficient (Wildman–Crippen LogP) is 1.43. The fourth-order valence-corrected chi connectivity index (χ4v) is 2.08. The van der Waals surface area contributed by atoms with Gasteiger partial charge in [0.1, 0.15) is 5.75 Å². The monoisotopic (exact) mass is 270 g/mol. The Morgan fingerprint density at radius 1 is 1.39 bits per heavy atom. The van der Waals surface area contributed by atoms with Crippen molar-refractivity contribution in [3.63, 3.8) is 0 Å². The van der Waals surface area contributed by atoms with Gasteiger partial charge in [-0.15, -0.1) is 12.4 Å². The van der Waals surface area contributed by atoms with Gasteiger partial charge >= 0.3 is 0 Å². The molecule has 0 aliphatic carbocycles. The molecule has 5 heteroatoms. The first-order chi connectivity index (χ1) is 8.25. The quantitative estimate of drug-likeness (QED) is 0.779. The van der Waals surface area contributed by atoms with Gasteiger partial charge in [0.25, 0.3) is 0 Å². The number of piperidine rings is 1. The van der Waals surface area contributed by atoms with Crippen LogP contribution in [0.2, 0.25) is 0 Å². The summed E-state index contributed by atoms with van der Waals surface area (Å²) in [7, 11) is 0. The number of phenolic OH excluding ortho intramolecular Hbond substituents is 1. The number of carbonyl (C=O) groups is 1. The van der Waals surface area contributed by atoms with Gasteiger partial charge in [-0.2, -0.15) is 0 Å². The average molecular weight is 271 g/mol. The van der Waals surface area contributed by atoms with Crippen molar-refractivity contribution in [3.05, 3.63) is 29.8 Å². The fourth-order valence-electron chi connectivity index (χ4n) is 2.08. The van der Waals surface area contributed by atoms with Gasteiger partial charge in [-0.05, 0) is 43.6 Å². The summed E-state index contributed by atoms with van der Waals surface area (Å²) >= 11 is 0. The first-order valence-electron chi connectivity index (χ1n) is 6.02. The number of carbonyl (C=O) groups excluding carboxylic acids is 1. The highest BCUT2D eigenvalue weighted by molar-refractivity contribution is 5.85. The second kappa shape index (κ2) is 7.24. The Bertz CT molecular complexity index is 392. The molecular formula is C13H19ClN2O2. The van der Waals surface area contributed by atoms with Crippen molar-refractivity contribution in [2.75, 3.05) is 13.1 Å². The van der Waals surface area contributed by atoms with E-state index in [1.807, 2.05) is 6.07 Å².